The predicted octanol–water partition coefficient (Wildman–Crippen LogP) is 3.96. The van der Waals surface area contributed by atoms with Gasteiger partial charge in [0.15, 0.2) is 0 Å². The van der Waals surface area contributed by atoms with Crippen molar-refractivity contribution in [3.8, 4) is 5.75 Å². The highest BCUT2D eigenvalue weighted by molar-refractivity contribution is 5.33. The maximum absolute atomic E-state index is 12.3. The van der Waals surface area contributed by atoms with Crippen molar-refractivity contribution in [3.05, 3.63) is 29.8 Å². The average Bonchev–Trinajstić information content (AvgIpc) is 2.85. The number of hydrogen-bond acceptors (Lipinski definition) is 2. The first-order valence-electron chi connectivity index (χ1n) is 6.95. The van der Waals surface area contributed by atoms with E-state index in [1.807, 2.05) is 12.1 Å². The summed E-state index contributed by atoms with van der Waals surface area (Å²) in [4.78, 5) is 0. The molecule has 2 atom stereocenters. The summed E-state index contributed by atoms with van der Waals surface area (Å²) in [5.41, 5.74) is 0.794. The molecule has 0 saturated heterocycles. The van der Waals surface area contributed by atoms with Gasteiger partial charge in [-0.3, -0.25) is 0 Å². The van der Waals surface area contributed by atoms with Crippen molar-refractivity contribution in [3.63, 3.8) is 0 Å². The number of ether oxygens (including phenoxy) is 1. The summed E-state index contributed by atoms with van der Waals surface area (Å²) in [6.45, 7) is 0.0418. The second kappa shape index (κ2) is 6.85. The Labute approximate surface area is 113 Å². The Bertz CT molecular complexity index is 397. The van der Waals surface area contributed by atoms with Gasteiger partial charge in [0.2, 0.25) is 0 Å². The van der Waals surface area contributed by atoms with Crippen molar-refractivity contribution in [2.75, 3.05) is 0 Å². The molecule has 0 heterocycles. The molecule has 0 amide bonds. The molecule has 1 aromatic rings. The first-order chi connectivity index (χ1) is 9.19. The number of halogens is 2. The molecule has 4 heteroatoms. The Hall–Kier alpha value is -1.16. The number of para-hydroxylation sites is 1. The molecule has 1 fully saturated rings. The highest BCUT2D eigenvalue weighted by Crippen LogP contribution is 2.28. The van der Waals surface area contributed by atoms with Crippen LogP contribution in [0.5, 0.6) is 5.75 Å². The van der Waals surface area contributed by atoms with Crippen LogP contribution in [0.25, 0.3) is 0 Å². The van der Waals surface area contributed by atoms with Crippen molar-refractivity contribution in [2.24, 2.45) is 5.92 Å². The normalized spacial score (nSPS) is 22.9. The Morgan fingerprint density at radius 2 is 2.11 bits per heavy atom. The SMILES string of the molecule is CCC1CCC(NCc2ccccc2OC(F)F)C1. The Kier molecular flexibility index (Phi) is 5.14. The lowest BCUT2D eigenvalue weighted by molar-refractivity contribution is -0.0505. The molecule has 2 unspecified atom stereocenters. The smallest absolute Gasteiger partial charge is 0.387 e. The van der Waals surface area contributed by atoms with Crippen LogP contribution in [-0.4, -0.2) is 12.7 Å². The van der Waals surface area contributed by atoms with E-state index in [4.69, 9.17) is 0 Å². The number of hydrogen-bond donors (Lipinski definition) is 1. The molecule has 1 saturated carbocycles. The molecular formula is C15H21F2NO. The van der Waals surface area contributed by atoms with Crippen molar-refractivity contribution >= 4 is 0 Å². The van der Waals surface area contributed by atoms with E-state index < -0.39 is 6.61 Å². The third kappa shape index (κ3) is 4.16. The molecule has 19 heavy (non-hydrogen) atoms. The fourth-order valence-corrected chi connectivity index (χ4v) is 2.75. The summed E-state index contributed by atoms with van der Waals surface area (Å²) >= 11 is 0. The zero-order valence-electron chi connectivity index (χ0n) is 11.2. The lowest BCUT2D eigenvalue weighted by atomic mass is 10.1. The Balaban J connectivity index is 1.89. The maximum Gasteiger partial charge on any atom is 0.387 e. The molecule has 1 aromatic carbocycles. The van der Waals surface area contributed by atoms with Crippen LogP contribution in [0, 0.1) is 5.92 Å². The molecular weight excluding hydrogens is 248 g/mol. The highest BCUT2D eigenvalue weighted by Gasteiger charge is 2.22. The number of nitrogens with one attached hydrogen (secondary N) is 1. The van der Waals surface area contributed by atoms with Crippen LogP contribution >= 0.6 is 0 Å². The quantitative estimate of drug-likeness (QED) is 0.844. The standard InChI is InChI=1S/C15H21F2NO/c1-2-11-7-8-13(9-11)18-10-12-5-3-4-6-14(12)19-15(16)17/h3-6,11,13,15,18H,2,7-10H2,1H3. The minimum Gasteiger partial charge on any atom is -0.434 e. The van der Waals surface area contributed by atoms with Crippen LogP contribution in [0.3, 0.4) is 0 Å². The molecule has 0 radical (unpaired) electrons. The van der Waals surface area contributed by atoms with Crippen LogP contribution in [0.15, 0.2) is 24.3 Å². The fraction of sp³-hybridized carbons (Fsp3) is 0.600. The zero-order chi connectivity index (χ0) is 13.7. The van der Waals surface area contributed by atoms with E-state index in [0.717, 1.165) is 11.5 Å². The van der Waals surface area contributed by atoms with Gasteiger partial charge < -0.3 is 10.1 Å². The summed E-state index contributed by atoms with van der Waals surface area (Å²) < 4.78 is 29.1. The van der Waals surface area contributed by atoms with E-state index in [1.165, 1.54) is 25.7 Å². The monoisotopic (exact) mass is 269 g/mol. The molecule has 0 spiro atoms. The van der Waals surface area contributed by atoms with Gasteiger partial charge in [-0.2, -0.15) is 8.78 Å². The van der Waals surface area contributed by atoms with Gasteiger partial charge in [-0.25, -0.2) is 0 Å². The van der Waals surface area contributed by atoms with Gasteiger partial charge in [-0.15, -0.1) is 0 Å². The summed E-state index contributed by atoms with van der Waals surface area (Å²) in [6, 6.07) is 7.48. The number of rotatable bonds is 6. The molecule has 1 aliphatic rings. The van der Waals surface area contributed by atoms with Crippen molar-refractivity contribution in [1.82, 2.24) is 5.32 Å². The minimum absolute atomic E-state index is 0.273. The van der Waals surface area contributed by atoms with Gasteiger partial charge in [0.25, 0.3) is 0 Å². The molecule has 0 bridgehead atoms. The van der Waals surface area contributed by atoms with E-state index >= 15 is 0 Å². The van der Waals surface area contributed by atoms with Crippen LogP contribution < -0.4 is 10.1 Å². The largest absolute Gasteiger partial charge is 0.434 e. The van der Waals surface area contributed by atoms with Crippen molar-refractivity contribution in [1.29, 1.82) is 0 Å². The molecule has 1 N–H and O–H groups in total. The van der Waals surface area contributed by atoms with E-state index in [0.29, 0.717) is 12.6 Å². The van der Waals surface area contributed by atoms with E-state index in [9.17, 15) is 8.78 Å². The third-order valence-electron chi connectivity index (χ3n) is 3.89. The van der Waals surface area contributed by atoms with Crippen molar-refractivity contribution < 1.29 is 13.5 Å². The summed E-state index contributed by atoms with van der Waals surface area (Å²) in [7, 11) is 0. The Morgan fingerprint density at radius 1 is 1.32 bits per heavy atom. The zero-order valence-corrected chi connectivity index (χ0v) is 11.2. The fourth-order valence-electron chi connectivity index (χ4n) is 2.75. The second-order valence-electron chi connectivity index (χ2n) is 5.15. The Morgan fingerprint density at radius 3 is 2.79 bits per heavy atom. The minimum atomic E-state index is -2.77. The van der Waals surface area contributed by atoms with Gasteiger partial charge in [0.05, 0.1) is 0 Å². The molecule has 2 nitrogen and oxygen atoms in total. The van der Waals surface area contributed by atoms with Crippen molar-refractivity contribution in [2.45, 2.75) is 51.8 Å². The van der Waals surface area contributed by atoms with Gasteiger partial charge in [-0.05, 0) is 31.2 Å². The summed E-state index contributed by atoms with van der Waals surface area (Å²) in [6.07, 6.45) is 4.86. The molecule has 2 rings (SSSR count). The van der Waals surface area contributed by atoms with E-state index in [-0.39, 0.29) is 5.75 Å². The van der Waals surface area contributed by atoms with Gasteiger partial charge in [0, 0.05) is 18.2 Å². The molecule has 0 aromatic heterocycles. The third-order valence-corrected chi connectivity index (χ3v) is 3.89. The van der Waals surface area contributed by atoms with Crippen LogP contribution in [0.1, 0.15) is 38.2 Å². The van der Waals surface area contributed by atoms with Crippen LogP contribution in [-0.2, 0) is 6.54 Å². The molecule has 0 aliphatic heterocycles. The van der Waals surface area contributed by atoms with E-state index in [2.05, 4.69) is 17.0 Å². The predicted molar refractivity (Wildman–Crippen MR) is 71.3 cm³/mol. The topological polar surface area (TPSA) is 21.3 Å². The van der Waals surface area contributed by atoms with Gasteiger partial charge >= 0.3 is 6.61 Å². The van der Waals surface area contributed by atoms with E-state index in [1.54, 1.807) is 12.1 Å². The first kappa shape index (κ1) is 14.3. The number of alkyl halides is 2. The lowest BCUT2D eigenvalue weighted by Gasteiger charge is -2.15. The highest BCUT2D eigenvalue weighted by atomic mass is 19.3. The summed E-state index contributed by atoms with van der Waals surface area (Å²) in [5, 5.41) is 3.45. The summed E-state index contributed by atoms with van der Waals surface area (Å²) in [5.74, 6) is 1.08. The van der Waals surface area contributed by atoms with Crippen LogP contribution in [0.2, 0.25) is 0 Å². The second-order valence-corrected chi connectivity index (χ2v) is 5.15. The van der Waals surface area contributed by atoms with Crippen LogP contribution in [0.4, 0.5) is 8.78 Å². The molecule has 1 aliphatic carbocycles. The van der Waals surface area contributed by atoms with Gasteiger partial charge in [-0.1, -0.05) is 31.5 Å². The first-order valence-corrected chi connectivity index (χ1v) is 6.95. The van der Waals surface area contributed by atoms with Gasteiger partial charge in [0.1, 0.15) is 5.75 Å². The number of benzene rings is 1. The maximum atomic E-state index is 12.3. The molecule has 106 valence electrons. The lowest BCUT2D eigenvalue weighted by Crippen LogP contribution is -2.26. The average molecular weight is 269 g/mol.